The monoisotopic (exact) mass is 579 g/mol. The van der Waals surface area contributed by atoms with E-state index in [4.69, 9.17) is 15.2 Å². The van der Waals surface area contributed by atoms with E-state index in [2.05, 4.69) is 32.2 Å². The fraction of sp³-hybridized carbons (Fsp3) is 0.310. The Hall–Kier alpha value is -4.62. The SMILES string of the molecule is Cc1c(OCCN2CCN(C)CC2)cn2ncnc(Oc3ccc(C(C(N)=O)C(=O)Nc4ccc(F)cc4)cc3F)c12. The van der Waals surface area contributed by atoms with Gasteiger partial charge in [-0.1, -0.05) is 6.07 Å². The molecule has 1 aliphatic heterocycles. The molecule has 0 aliphatic carbocycles. The van der Waals surface area contributed by atoms with Crippen molar-refractivity contribution in [1.82, 2.24) is 24.4 Å². The zero-order valence-corrected chi connectivity index (χ0v) is 23.2. The predicted octanol–water partition coefficient (Wildman–Crippen LogP) is 2.94. The first kappa shape index (κ1) is 28.9. The molecule has 42 heavy (non-hydrogen) atoms. The van der Waals surface area contributed by atoms with Gasteiger partial charge in [0, 0.05) is 44.0 Å². The molecule has 0 saturated carbocycles. The second-order valence-electron chi connectivity index (χ2n) is 10.1. The lowest BCUT2D eigenvalue weighted by molar-refractivity contribution is -0.127. The van der Waals surface area contributed by atoms with Crippen LogP contribution < -0.4 is 20.5 Å². The maximum absolute atomic E-state index is 15.2. The molecule has 0 bridgehead atoms. The molecule has 11 nitrogen and oxygen atoms in total. The number of nitrogens with zero attached hydrogens (tertiary/aromatic N) is 5. The Kier molecular flexibility index (Phi) is 8.59. The minimum Gasteiger partial charge on any atom is -0.490 e. The van der Waals surface area contributed by atoms with Crippen molar-refractivity contribution >= 4 is 23.0 Å². The number of nitrogens with two attached hydrogens (primary N) is 1. The minimum atomic E-state index is -1.50. The summed E-state index contributed by atoms with van der Waals surface area (Å²) >= 11 is 0. The van der Waals surface area contributed by atoms with Gasteiger partial charge in [-0.15, -0.1) is 0 Å². The molecule has 1 saturated heterocycles. The summed E-state index contributed by atoms with van der Waals surface area (Å²) < 4.78 is 41.8. The third-order valence-electron chi connectivity index (χ3n) is 7.16. The normalized spacial score (nSPS) is 15.0. The van der Waals surface area contributed by atoms with Crippen LogP contribution in [0, 0.1) is 18.6 Å². The van der Waals surface area contributed by atoms with Crippen LogP contribution in [0.3, 0.4) is 0 Å². The molecular weight excluding hydrogens is 548 g/mol. The largest absolute Gasteiger partial charge is 0.490 e. The van der Waals surface area contributed by atoms with Crippen molar-refractivity contribution in [3.8, 4) is 17.4 Å². The molecule has 4 aromatic rings. The summed E-state index contributed by atoms with van der Waals surface area (Å²) in [6.45, 7) is 7.16. The van der Waals surface area contributed by atoms with Gasteiger partial charge < -0.3 is 25.4 Å². The highest BCUT2D eigenvalue weighted by molar-refractivity contribution is 6.10. The van der Waals surface area contributed by atoms with E-state index in [1.165, 1.54) is 30.6 Å². The van der Waals surface area contributed by atoms with E-state index in [0.29, 0.717) is 17.9 Å². The molecule has 2 aromatic carbocycles. The summed E-state index contributed by atoms with van der Waals surface area (Å²) in [5, 5.41) is 6.72. The molecule has 2 aromatic heterocycles. The Bertz CT molecular complexity index is 1590. The van der Waals surface area contributed by atoms with Crippen LogP contribution >= 0.6 is 0 Å². The molecule has 13 heteroatoms. The Labute approximate surface area is 240 Å². The van der Waals surface area contributed by atoms with Crippen LogP contribution in [0.5, 0.6) is 17.4 Å². The van der Waals surface area contributed by atoms with Crippen LogP contribution in [0.25, 0.3) is 5.52 Å². The Morgan fingerprint density at radius 1 is 1.07 bits per heavy atom. The molecule has 5 rings (SSSR count). The zero-order valence-electron chi connectivity index (χ0n) is 23.2. The number of carbonyl (C=O) groups excluding carboxylic acids is 2. The van der Waals surface area contributed by atoms with E-state index >= 15 is 4.39 Å². The standard InChI is InChI=1S/C29H31F2N7O4/c1-18-24(41-14-13-37-11-9-36(2)10-12-37)16-38-26(18)29(33-17-34-38)42-23-8-3-19(15-22(23)31)25(27(32)39)28(40)35-21-6-4-20(30)5-7-21/h3-8,15-17,25H,9-14H2,1-2H3,(H2,32,39)(H,35,40). The van der Waals surface area contributed by atoms with Crippen molar-refractivity contribution in [3.63, 3.8) is 0 Å². The number of likely N-dealkylation sites (N-methyl/N-ethyl adjacent to an activating group) is 1. The number of ether oxygens (including phenoxy) is 2. The van der Waals surface area contributed by atoms with E-state index in [9.17, 15) is 14.0 Å². The predicted molar refractivity (Wildman–Crippen MR) is 151 cm³/mol. The number of hydrogen-bond donors (Lipinski definition) is 2. The number of carbonyl (C=O) groups is 2. The zero-order chi connectivity index (χ0) is 29.8. The molecule has 0 radical (unpaired) electrons. The lowest BCUT2D eigenvalue weighted by atomic mass is 9.97. The van der Waals surface area contributed by atoms with Gasteiger partial charge in [0.1, 0.15) is 35.9 Å². The highest BCUT2D eigenvalue weighted by atomic mass is 19.1. The third-order valence-corrected chi connectivity index (χ3v) is 7.16. The molecule has 1 fully saturated rings. The van der Waals surface area contributed by atoms with Crippen molar-refractivity contribution in [3.05, 3.63) is 77.8 Å². The van der Waals surface area contributed by atoms with Gasteiger partial charge in [0.15, 0.2) is 11.6 Å². The summed E-state index contributed by atoms with van der Waals surface area (Å²) in [6.07, 6.45) is 3.00. The van der Waals surface area contributed by atoms with Gasteiger partial charge in [0.05, 0.1) is 6.20 Å². The number of rotatable bonds is 10. The Morgan fingerprint density at radius 2 is 1.81 bits per heavy atom. The number of hydrogen-bond acceptors (Lipinski definition) is 8. The van der Waals surface area contributed by atoms with Gasteiger partial charge in [-0.2, -0.15) is 10.1 Å². The molecule has 0 spiro atoms. The number of amides is 2. The van der Waals surface area contributed by atoms with E-state index in [1.807, 2.05) is 6.92 Å². The van der Waals surface area contributed by atoms with E-state index in [1.54, 1.807) is 10.7 Å². The first-order chi connectivity index (χ1) is 20.2. The maximum atomic E-state index is 15.2. The molecule has 1 aliphatic rings. The van der Waals surface area contributed by atoms with Gasteiger partial charge in [-0.3, -0.25) is 14.5 Å². The number of halogens is 2. The summed E-state index contributed by atoms with van der Waals surface area (Å²) in [7, 11) is 2.11. The average molecular weight is 580 g/mol. The number of piperazine rings is 1. The molecule has 220 valence electrons. The number of aromatic nitrogens is 3. The Morgan fingerprint density at radius 3 is 2.50 bits per heavy atom. The highest BCUT2D eigenvalue weighted by Crippen LogP contribution is 2.33. The van der Waals surface area contributed by atoms with Crippen LogP contribution in [0.2, 0.25) is 0 Å². The highest BCUT2D eigenvalue weighted by Gasteiger charge is 2.28. The number of benzene rings is 2. The van der Waals surface area contributed by atoms with Crippen LogP contribution in [0.1, 0.15) is 17.0 Å². The van der Waals surface area contributed by atoms with Crippen molar-refractivity contribution in [2.24, 2.45) is 5.73 Å². The Balaban J connectivity index is 1.30. The van der Waals surface area contributed by atoms with Crippen molar-refractivity contribution < 1.29 is 27.8 Å². The number of primary amides is 1. The summed E-state index contributed by atoms with van der Waals surface area (Å²) in [6, 6.07) is 8.63. The number of nitrogens with one attached hydrogen (secondary N) is 1. The third kappa shape index (κ3) is 6.47. The van der Waals surface area contributed by atoms with Gasteiger partial charge in [-0.05, 0) is 55.9 Å². The molecule has 1 unspecified atom stereocenters. The molecule has 3 heterocycles. The van der Waals surface area contributed by atoms with Crippen LogP contribution in [0.15, 0.2) is 55.0 Å². The van der Waals surface area contributed by atoms with Gasteiger partial charge >= 0.3 is 0 Å². The lowest BCUT2D eigenvalue weighted by Crippen LogP contribution is -2.45. The second kappa shape index (κ2) is 12.5. The van der Waals surface area contributed by atoms with Crippen molar-refractivity contribution in [2.45, 2.75) is 12.8 Å². The van der Waals surface area contributed by atoms with Crippen LogP contribution in [-0.2, 0) is 9.59 Å². The van der Waals surface area contributed by atoms with Crippen molar-refractivity contribution in [2.75, 3.05) is 51.7 Å². The lowest BCUT2D eigenvalue weighted by Gasteiger charge is -2.32. The fourth-order valence-corrected chi connectivity index (χ4v) is 4.76. The van der Waals surface area contributed by atoms with Gasteiger partial charge in [0.25, 0.3) is 0 Å². The quantitative estimate of drug-likeness (QED) is 0.275. The molecular formula is C29H31F2N7O4. The van der Waals surface area contributed by atoms with Crippen LogP contribution in [0.4, 0.5) is 14.5 Å². The number of anilines is 1. The smallest absolute Gasteiger partial charge is 0.247 e. The first-order valence-electron chi connectivity index (χ1n) is 13.4. The fourth-order valence-electron chi connectivity index (χ4n) is 4.76. The average Bonchev–Trinajstić information content (AvgIpc) is 3.28. The molecule has 3 N–H and O–H groups in total. The summed E-state index contributed by atoms with van der Waals surface area (Å²) in [5.74, 6) is -4.06. The molecule has 1 atom stereocenters. The van der Waals surface area contributed by atoms with Crippen molar-refractivity contribution in [1.29, 1.82) is 0 Å². The number of aryl methyl sites for hydroxylation is 1. The number of fused-ring (bicyclic) bond motifs is 1. The van der Waals surface area contributed by atoms with Crippen LogP contribution in [-0.4, -0.2) is 82.6 Å². The summed E-state index contributed by atoms with van der Waals surface area (Å²) in [5.41, 5.74) is 6.98. The van der Waals surface area contributed by atoms with Gasteiger partial charge in [0.2, 0.25) is 17.7 Å². The van der Waals surface area contributed by atoms with E-state index in [-0.39, 0.29) is 22.9 Å². The minimum absolute atomic E-state index is 0.0229. The molecule has 2 amide bonds. The van der Waals surface area contributed by atoms with E-state index < -0.39 is 29.4 Å². The topological polar surface area (TPSA) is 127 Å². The first-order valence-corrected chi connectivity index (χ1v) is 13.4. The van der Waals surface area contributed by atoms with Gasteiger partial charge in [-0.25, -0.2) is 13.3 Å². The summed E-state index contributed by atoms with van der Waals surface area (Å²) in [4.78, 5) is 33.8. The second-order valence-corrected chi connectivity index (χ2v) is 10.1. The van der Waals surface area contributed by atoms with E-state index in [0.717, 1.165) is 56.5 Å². The maximum Gasteiger partial charge on any atom is 0.247 e.